The first-order valence-electron chi connectivity index (χ1n) is 5.86. The van der Waals surface area contributed by atoms with Crippen LogP contribution in [0.25, 0.3) is 5.82 Å². The Morgan fingerprint density at radius 3 is 2.69 bits per heavy atom. The highest BCUT2D eigenvalue weighted by Crippen LogP contribution is 2.30. The van der Waals surface area contributed by atoms with Crippen molar-refractivity contribution >= 4 is 11.5 Å². The molecule has 3 nitrogen and oxygen atoms in total. The van der Waals surface area contributed by atoms with Gasteiger partial charge < -0.3 is 0 Å². The summed E-state index contributed by atoms with van der Waals surface area (Å²) in [5.41, 5.74) is 2.35. The molecule has 0 aliphatic carbocycles. The number of hydrogen-bond donors (Lipinski definition) is 0. The molecule has 1 aromatic rings. The summed E-state index contributed by atoms with van der Waals surface area (Å²) in [7, 11) is 0. The molecule has 0 aromatic carbocycles. The first-order chi connectivity index (χ1) is 7.53. The molecule has 86 valence electrons. The van der Waals surface area contributed by atoms with Gasteiger partial charge in [0.05, 0.1) is 5.69 Å². The molecule has 0 amide bonds. The Labute approximate surface area is 96.9 Å². The largest absolute Gasteiger partial charge is 0.238 e. The molecule has 1 aromatic heterocycles. The molecule has 0 saturated carbocycles. The average Bonchev–Trinajstić information content (AvgIpc) is 2.74. The van der Waals surface area contributed by atoms with Crippen molar-refractivity contribution in [1.82, 2.24) is 9.78 Å². The van der Waals surface area contributed by atoms with Gasteiger partial charge in [-0.15, -0.1) is 0 Å². The summed E-state index contributed by atoms with van der Waals surface area (Å²) in [6.45, 7) is 8.59. The fourth-order valence-electron chi connectivity index (χ4n) is 1.77. The van der Waals surface area contributed by atoms with E-state index in [2.05, 4.69) is 49.9 Å². The van der Waals surface area contributed by atoms with Crippen LogP contribution in [0.1, 0.15) is 39.8 Å². The van der Waals surface area contributed by atoms with Gasteiger partial charge in [0, 0.05) is 17.3 Å². The fraction of sp³-hybridized carbons (Fsp3) is 0.538. The molecular weight excluding hydrogens is 198 g/mol. The molecule has 0 radical (unpaired) electrons. The van der Waals surface area contributed by atoms with E-state index in [1.165, 1.54) is 0 Å². The highest BCUT2D eigenvalue weighted by Gasteiger charge is 2.26. The van der Waals surface area contributed by atoms with Crippen LogP contribution in [0, 0.1) is 5.41 Å². The maximum Gasteiger partial charge on any atom is 0.150 e. The summed E-state index contributed by atoms with van der Waals surface area (Å²) in [5.74, 6) is 0.949. The van der Waals surface area contributed by atoms with Crippen molar-refractivity contribution in [3.05, 3.63) is 24.0 Å². The third-order valence-electron chi connectivity index (χ3n) is 3.09. The number of nitrogens with zero attached hydrogens (tertiary/aromatic N) is 3. The first-order valence-corrected chi connectivity index (χ1v) is 5.86. The van der Waals surface area contributed by atoms with E-state index < -0.39 is 0 Å². The van der Waals surface area contributed by atoms with E-state index in [-0.39, 0.29) is 5.41 Å². The molecule has 0 atom stereocenters. The lowest BCUT2D eigenvalue weighted by Gasteiger charge is -2.13. The highest BCUT2D eigenvalue weighted by molar-refractivity contribution is 5.96. The second-order valence-corrected chi connectivity index (χ2v) is 4.92. The third kappa shape index (κ3) is 1.94. The summed E-state index contributed by atoms with van der Waals surface area (Å²) in [4.78, 5) is 4.56. The molecule has 1 aliphatic heterocycles. The van der Waals surface area contributed by atoms with Gasteiger partial charge in [-0.2, -0.15) is 5.10 Å². The lowest BCUT2D eigenvalue weighted by Crippen LogP contribution is -2.14. The van der Waals surface area contributed by atoms with Gasteiger partial charge in [0.15, 0.2) is 0 Å². The Balaban J connectivity index is 2.26. The average molecular weight is 217 g/mol. The van der Waals surface area contributed by atoms with Crippen molar-refractivity contribution in [3.63, 3.8) is 0 Å². The van der Waals surface area contributed by atoms with Crippen molar-refractivity contribution in [2.45, 2.75) is 40.5 Å². The number of rotatable bonds is 3. The minimum atomic E-state index is 0.0617. The third-order valence-corrected chi connectivity index (χ3v) is 3.09. The second-order valence-electron chi connectivity index (χ2n) is 4.92. The lowest BCUT2D eigenvalue weighted by atomic mass is 9.90. The monoisotopic (exact) mass is 217 g/mol. The first kappa shape index (κ1) is 11.1. The lowest BCUT2D eigenvalue weighted by molar-refractivity contribution is 0.683. The summed E-state index contributed by atoms with van der Waals surface area (Å²) in [5, 5.41) is 4.52. The van der Waals surface area contributed by atoms with E-state index in [9.17, 15) is 0 Å². The molecule has 0 saturated heterocycles. The molecule has 16 heavy (non-hydrogen) atoms. The Morgan fingerprint density at radius 1 is 1.38 bits per heavy atom. The molecule has 0 fully saturated rings. The number of allylic oxidation sites excluding steroid dienone is 1. The Bertz CT molecular complexity index is 449. The zero-order valence-electron chi connectivity index (χ0n) is 10.5. The predicted molar refractivity (Wildman–Crippen MR) is 67.4 cm³/mol. The zero-order chi connectivity index (χ0) is 11.8. The van der Waals surface area contributed by atoms with E-state index in [1.807, 2.05) is 10.9 Å². The van der Waals surface area contributed by atoms with Gasteiger partial charge in [0.1, 0.15) is 5.82 Å². The van der Waals surface area contributed by atoms with E-state index in [0.717, 1.165) is 30.1 Å². The van der Waals surface area contributed by atoms with Crippen LogP contribution in [-0.4, -0.2) is 15.5 Å². The van der Waals surface area contributed by atoms with Crippen molar-refractivity contribution in [3.8, 4) is 0 Å². The molecule has 2 rings (SSSR count). The summed E-state index contributed by atoms with van der Waals surface area (Å²) >= 11 is 0. The molecule has 2 heterocycles. The maximum absolute atomic E-state index is 4.56. The van der Waals surface area contributed by atoms with E-state index in [0.29, 0.717) is 0 Å². The van der Waals surface area contributed by atoms with Crippen LogP contribution in [0.2, 0.25) is 0 Å². The van der Waals surface area contributed by atoms with E-state index >= 15 is 0 Å². The number of hydrogen-bond acceptors (Lipinski definition) is 2. The van der Waals surface area contributed by atoms with Crippen molar-refractivity contribution in [2.24, 2.45) is 10.4 Å². The summed E-state index contributed by atoms with van der Waals surface area (Å²) in [6, 6.07) is 2.07. The smallest absolute Gasteiger partial charge is 0.150 e. The van der Waals surface area contributed by atoms with Crippen LogP contribution in [-0.2, 0) is 6.42 Å². The fourth-order valence-corrected chi connectivity index (χ4v) is 1.77. The summed E-state index contributed by atoms with van der Waals surface area (Å²) < 4.78 is 1.88. The Kier molecular flexibility index (Phi) is 2.70. The van der Waals surface area contributed by atoms with Crippen LogP contribution < -0.4 is 0 Å². The molecular formula is C13H19N3. The number of aryl methyl sites for hydroxylation is 1. The standard InChI is InChI=1S/C13H19N3/c1-5-6-11-7-8-16(15-11)12-9-13(3,4)10(2)14-12/h7-9H,5-6H2,1-4H3. The van der Waals surface area contributed by atoms with Gasteiger partial charge in [0.2, 0.25) is 0 Å². The van der Waals surface area contributed by atoms with Gasteiger partial charge >= 0.3 is 0 Å². The van der Waals surface area contributed by atoms with Gasteiger partial charge in [-0.1, -0.05) is 27.2 Å². The maximum atomic E-state index is 4.56. The highest BCUT2D eigenvalue weighted by atomic mass is 15.3. The minimum absolute atomic E-state index is 0.0617. The second kappa shape index (κ2) is 3.89. The SMILES string of the molecule is CCCc1ccn(C2=CC(C)(C)C(C)=N2)n1. The molecule has 1 aliphatic rings. The number of aliphatic imine (C=N–C) groups is 1. The molecule has 0 bridgehead atoms. The van der Waals surface area contributed by atoms with Crippen molar-refractivity contribution in [2.75, 3.05) is 0 Å². The van der Waals surface area contributed by atoms with E-state index in [4.69, 9.17) is 0 Å². The van der Waals surface area contributed by atoms with E-state index in [1.54, 1.807) is 0 Å². The van der Waals surface area contributed by atoms with Crippen LogP contribution >= 0.6 is 0 Å². The quantitative estimate of drug-likeness (QED) is 0.765. The normalized spacial score (nSPS) is 18.5. The van der Waals surface area contributed by atoms with Crippen LogP contribution in [0.5, 0.6) is 0 Å². The minimum Gasteiger partial charge on any atom is -0.238 e. The van der Waals surface area contributed by atoms with Gasteiger partial charge in [-0.3, -0.25) is 0 Å². The van der Waals surface area contributed by atoms with Gasteiger partial charge in [0.25, 0.3) is 0 Å². The van der Waals surface area contributed by atoms with Crippen LogP contribution in [0.3, 0.4) is 0 Å². The van der Waals surface area contributed by atoms with Crippen LogP contribution in [0.4, 0.5) is 0 Å². The molecule has 0 spiro atoms. The number of aromatic nitrogens is 2. The molecule has 0 N–H and O–H groups in total. The zero-order valence-corrected chi connectivity index (χ0v) is 10.5. The molecule has 3 heteroatoms. The van der Waals surface area contributed by atoms with Crippen molar-refractivity contribution in [1.29, 1.82) is 0 Å². The summed E-state index contributed by atoms with van der Waals surface area (Å²) in [6.07, 6.45) is 6.33. The Morgan fingerprint density at radius 2 is 2.12 bits per heavy atom. The van der Waals surface area contributed by atoms with Crippen molar-refractivity contribution < 1.29 is 0 Å². The van der Waals surface area contributed by atoms with Gasteiger partial charge in [-0.25, -0.2) is 9.67 Å². The molecule has 0 unspecified atom stereocenters. The predicted octanol–water partition coefficient (Wildman–Crippen LogP) is 3.13. The van der Waals surface area contributed by atoms with Gasteiger partial charge in [-0.05, 0) is 25.5 Å². The van der Waals surface area contributed by atoms with Crippen LogP contribution in [0.15, 0.2) is 23.3 Å². The Hall–Kier alpha value is -1.38. The topological polar surface area (TPSA) is 30.2 Å².